The molecule has 2 aromatic carbocycles. The van der Waals surface area contributed by atoms with Crippen molar-refractivity contribution < 1.29 is 9.53 Å². The molecule has 0 bridgehead atoms. The van der Waals surface area contributed by atoms with Gasteiger partial charge in [-0.25, -0.2) is 0 Å². The number of ether oxygens (including phenoxy) is 1. The van der Waals surface area contributed by atoms with Crippen molar-refractivity contribution >= 4 is 34.1 Å². The van der Waals surface area contributed by atoms with E-state index in [2.05, 4.69) is 10.3 Å². The van der Waals surface area contributed by atoms with Crippen molar-refractivity contribution in [3.8, 4) is 5.75 Å². The number of pyridine rings is 1. The van der Waals surface area contributed by atoms with Gasteiger partial charge in [0.05, 0.1) is 5.52 Å². The Bertz CT molecular complexity index is 1040. The molecule has 132 valence electrons. The molecular weight excluding hydrogens is 352 g/mol. The highest BCUT2D eigenvalue weighted by Crippen LogP contribution is 2.27. The summed E-state index contributed by atoms with van der Waals surface area (Å²) in [7, 11) is 0. The number of benzene rings is 2. The number of aromatic amines is 1. The van der Waals surface area contributed by atoms with Crippen LogP contribution in [-0.4, -0.2) is 17.5 Å². The van der Waals surface area contributed by atoms with Crippen LogP contribution in [0.25, 0.3) is 10.9 Å². The largest absolute Gasteiger partial charge is 0.484 e. The fourth-order valence-corrected chi connectivity index (χ4v) is 3.48. The third-order valence-corrected chi connectivity index (χ3v) is 4.80. The minimum absolute atomic E-state index is 0.0282. The fraction of sp³-hybridized carbons (Fsp3) is 0.200. The van der Waals surface area contributed by atoms with Gasteiger partial charge in [0, 0.05) is 21.7 Å². The Morgan fingerprint density at radius 1 is 1.12 bits per heavy atom. The summed E-state index contributed by atoms with van der Waals surface area (Å²) in [6.07, 6.45) is 2.77. The van der Waals surface area contributed by atoms with Crippen LogP contribution in [0.2, 0.25) is 5.02 Å². The summed E-state index contributed by atoms with van der Waals surface area (Å²) in [6, 6.07) is 12.4. The molecule has 0 atom stereocenters. The predicted molar refractivity (Wildman–Crippen MR) is 102 cm³/mol. The maximum Gasteiger partial charge on any atom is 0.262 e. The van der Waals surface area contributed by atoms with Crippen LogP contribution in [0.1, 0.15) is 17.5 Å². The van der Waals surface area contributed by atoms with Gasteiger partial charge in [0.1, 0.15) is 5.75 Å². The van der Waals surface area contributed by atoms with Gasteiger partial charge >= 0.3 is 0 Å². The molecule has 0 radical (unpaired) electrons. The maximum absolute atomic E-state index is 12.2. The molecule has 0 aliphatic heterocycles. The van der Waals surface area contributed by atoms with Gasteiger partial charge in [-0.1, -0.05) is 17.7 Å². The lowest BCUT2D eigenvalue weighted by molar-refractivity contribution is -0.118. The van der Waals surface area contributed by atoms with Crippen molar-refractivity contribution in [3.63, 3.8) is 0 Å². The molecule has 0 fully saturated rings. The highest BCUT2D eigenvalue weighted by atomic mass is 35.5. The summed E-state index contributed by atoms with van der Waals surface area (Å²) in [4.78, 5) is 27.2. The molecule has 26 heavy (non-hydrogen) atoms. The van der Waals surface area contributed by atoms with Crippen molar-refractivity contribution in [2.45, 2.75) is 19.3 Å². The number of aryl methyl sites for hydroxylation is 1. The first-order valence-electron chi connectivity index (χ1n) is 8.46. The summed E-state index contributed by atoms with van der Waals surface area (Å²) < 4.78 is 5.43. The summed E-state index contributed by atoms with van der Waals surface area (Å²) in [6.45, 7) is -0.111. The lowest BCUT2D eigenvalue weighted by Crippen LogP contribution is -2.20. The molecule has 0 unspecified atom stereocenters. The number of carbonyl (C=O) groups excluding carboxylic acids is 1. The van der Waals surface area contributed by atoms with Crippen LogP contribution in [0.3, 0.4) is 0 Å². The second-order valence-corrected chi connectivity index (χ2v) is 6.75. The molecule has 1 amide bonds. The molecule has 1 aliphatic carbocycles. The van der Waals surface area contributed by atoms with E-state index in [9.17, 15) is 9.59 Å². The minimum Gasteiger partial charge on any atom is -0.484 e. The van der Waals surface area contributed by atoms with Crippen LogP contribution in [0.4, 0.5) is 5.69 Å². The average molecular weight is 369 g/mol. The van der Waals surface area contributed by atoms with Crippen LogP contribution in [-0.2, 0) is 17.6 Å². The second-order valence-electron chi connectivity index (χ2n) is 6.32. The first-order valence-corrected chi connectivity index (χ1v) is 8.84. The number of aromatic nitrogens is 1. The van der Waals surface area contributed by atoms with E-state index in [0.29, 0.717) is 16.5 Å². The number of anilines is 1. The Kier molecular flexibility index (Phi) is 4.39. The highest BCUT2D eigenvalue weighted by molar-refractivity contribution is 6.30. The number of fused-ring (bicyclic) bond motifs is 3. The third-order valence-electron chi connectivity index (χ3n) is 4.55. The van der Waals surface area contributed by atoms with Crippen LogP contribution in [0.5, 0.6) is 5.75 Å². The topological polar surface area (TPSA) is 71.2 Å². The van der Waals surface area contributed by atoms with Gasteiger partial charge in [-0.2, -0.15) is 0 Å². The number of halogens is 1. The molecule has 0 saturated carbocycles. The quantitative estimate of drug-likeness (QED) is 0.737. The van der Waals surface area contributed by atoms with Gasteiger partial charge in [0.15, 0.2) is 6.61 Å². The van der Waals surface area contributed by atoms with E-state index in [0.717, 1.165) is 41.3 Å². The Morgan fingerprint density at radius 3 is 2.69 bits per heavy atom. The van der Waals surface area contributed by atoms with Gasteiger partial charge < -0.3 is 15.0 Å². The van der Waals surface area contributed by atoms with Gasteiger partial charge in [-0.3, -0.25) is 9.59 Å². The first kappa shape index (κ1) is 16.7. The van der Waals surface area contributed by atoms with Crippen LogP contribution in [0.15, 0.2) is 47.3 Å². The van der Waals surface area contributed by atoms with Crippen LogP contribution < -0.4 is 15.6 Å². The monoisotopic (exact) mass is 368 g/mol. The second kappa shape index (κ2) is 6.84. The lowest BCUT2D eigenvalue weighted by atomic mass is 10.1. The van der Waals surface area contributed by atoms with Crippen molar-refractivity contribution in [1.82, 2.24) is 4.98 Å². The molecule has 0 spiro atoms. The standard InChI is InChI=1S/C20H17ClN2O3/c21-12-4-7-14(8-5-12)26-11-19(24)22-13-6-9-16-15-2-1-3-17(15)20(25)23-18(16)10-13/h4-10H,1-3,11H2,(H,22,24)(H,23,25). The molecule has 0 saturated heterocycles. The number of rotatable bonds is 4. The zero-order valence-corrected chi connectivity index (χ0v) is 14.7. The summed E-state index contributed by atoms with van der Waals surface area (Å²) in [5.74, 6) is 0.297. The SMILES string of the molecule is O=C(COc1ccc(Cl)cc1)Nc1ccc2c3c(c(=O)[nH]c2c1)CCC3. The first-order chi connectivity index (χ1) is 12.6. The third kappa shape index (κ3) is 3.30. The number of H-pyrrole nitrogens is 1. The van der Waals surface area contributed by atoms with Crippen molar-refractivity contribution in [2.75, 3.05) is 11.9 Å². The van der Waals surface area contributed by atoms with E-state index in [-0.39, 0.29) is 18.1 Å². The highest BCUT2D eigenvalue weighted by Gasteiger charge is 2.18. The molecular formula is C20H17ClN2O3. The number of hydrogen-bond donors (Lipinski definition) is 2. The number of amides is 1. The predicted octanol–water partition coefficient (Wildman–Crippen LogP) is 3.69. The Labute approximate surface area is 154 Å². The molecule has 1 aliphatic rings. The lowest BCUT2D eigenvalue weighted by Gasteiger charge is -2.10. The Hall–Kier alpha value is -2.79. The van der Waals surface area contributed by atoms with Crippen LogP contribution >= 0.6 is 11.6 Å². The molecule has 3 aromatic rings. The maximum atomic E-state index is 12.2. The van der Waals surface area contributed by atoms with E-state index >= 15 is 0 Å². The number of hydrogen-bond acceptors (Lipinski definition) is 3. The summed E-state index contributed by atoms with van der Waals surface area (Å²) >= 11 is 5.82. The Balaban J connectivity index is 1.48. The Morgan fingerprint density at radius 2 is 1.88 bits per heavy atom. The smallest absolute Gasteiger partial charge is 0.262 e. The van der Waals surface area contributed by atoms with E-state index in [1.54, 1.807) is 30.3 Å². The van der Waals surface area contributed by atoms with Crippen LogP contribution in [0, 0.1) is 0 Å². The minimum atomic E-state index is -0.275. The van der Waals surface area contributed by atoms with Gasteiger partial charge in [0.2, 0.25) is 0 Å². The normalized spacial score (nSPS) is 12.8. The number of carbonyl (C=O) groups is 1. The molecule has 6 heteroatoms. The van der Waals surface area contributed by atoms with Gasteiger partial charge in [-0.05, 0) is 61.2 Å². The average Bonchev–Trinajstić information content (AvgIpc) is 3.12. The van der Waals surface area contributed by atoms with Crippen molar-refractivity contribution in [2.24, 2.45) is 0 Å². The summed E-state index contributed by atoms with van der Waals surface area (Å²) in [5, 5.41) is 4.45. The van der Waals surface area contributed by atoms with E-state index < -0.39 is 0 Å². The molecule has 1 aromatic heterocycles. The molecule has 4 rings (SSSR count). The van der Waals surface area contributed by atoms with E-state index in [4.69, 9.17) is 16.3 Å². The summed E-state index contributed by atoms with van der Waals surface area (Å²) in [5.41, 5.74) is 3.36. The fourth-order valence-electron chi connectivity index (χ4n) is 3.35. The molecule has 2 N–H and O–H groups in total. The van der Waals surface area contributed by atoms with Crippen molar-refractivity contribution in [3.05, 3.63) is 69.0 Å². The number of nitrogens with one attached hydrogen (secondary N) is 2. The van der Waals surface area contributed by atoms with Gasteiger partial charge in [-0.15, -0.1) is 0 Å². The zero-order valence-electron chi connectivity index (χ0n) is 14.0. The van der Waals surface area contributed by atoms with E-state index in [1.807, 2.05) is 12.1 Å². The molecule has 1 heterocycles. The zero-order chi connectivity index (χ0) is 18.1. The van der Waals surface area contributed by atoms with Crippen molar-refractivity contribution in [1.29, 1.82) is 0 Å². The van der Waals surface area contributed by atoms with Gasteiger partial charge in [0.25, 0.3) is 11.5 Å². The van der Waals surface area contributed by atoms with E-state index in [1.165, 1.54) is 0 Å². The molecule has 5 nitrogen and oxygen atoms in total.